The first-order valence-electron chi connectivity index (χ1n) is 5.23. The molecule has 2 heterocycles. The first kappa shape index (κ1) is 21.8. The van der Waals surface area contributed by atoms with Gasteiger partial charge in [-0.3, -0.25) is 20.2 Å². The first-order valence-corrected chi connectivity index (χ1v) is 7.61. The lowest BCUT2D eigenvalue weighted by atomic mass is 10.4. The maximum Gasteiger partial charge on any atom is 0.312 e. The van der Waals surface area contributed by atoms with Gasteiger partial charge in [0.25, 0.3) is 0 Å². The fourth-order valence-corrected chi connectivity index (χ4v) is 2.13. The summed E-state index contributed by atoms with van der Waals surface area (Å²) >= 11 is 9.08. The number of nitro groups is 2. The van der Waals surface area contributed by atoms with Crippen molar-refractivity contribution in [3.63, 3.8) is 0 Å². The highest BCUT2D eigenvalue weighted by Gasteiger charge is 2.12. The third-order valence-corrected chi connectivity index (χ3v) is 3.52. The molecule has 13 heteroatoms. The molecule has 2 rings (SSSR count). The van der Waals surface area contributed by atoms with E-state index in [-0.39, 0.29) is 38.8 Å². The number of rotatable bonds is 2. The lowest BCUT2D eigenvalue weighted by Crippen LogP contribution is -1.97. The Morgan fingerprint density at radius 1 is 0.913 bits per heavy atom. The normalized spacial score (nSPS) is 9.17. The Hall–Kier alpha value is -1.18. The van der Waals surface area contributed by atoms with E-state index in [1.54, 1.807) is 0 Å². The molecule has 2 aromatic heterocycles. The zero-order valence-corrected chi connectivity index (χ0v) is 17.3. The van der Waals surface area contributed by atoms with Crippen LogP contribution in [0.4, 0.5) is 17.2 Å². The highest BCUT2D eigenvalue weighted by molar-refractivity contribution is 9.11. The number of anilines is 1. The molecule has 0 aromatic carbocycles. The Kier molecular flexibility index (Phi) is 9.34. The summed E-state index contributed by atoms with van der Waals surface area (Å²) in [6.07, 6.45) is 2.89. The monoisotopic (exact) mass is 577 g/mol. The predicted molar refractivity (Wildman–Crippen MR) is 99.6 cm³/mol. The Balaban J connectivity index is 0.000000403. The third kappa shape index (κ3) is 6.85. The van der Waals surface area contributed by atoms with Crippen LogP contribution in [0.15, 0.2) is 38.1 Å². The Bertz CT molecular complexity index is 669. The summed E-state index contributed by atoms with van der Waals surface area (Å²) in [6.45, 7) is 0. The third-order valence-electron chi connectivity index (χ3n) is 2.04. The minimum atomic E-state index is -0.576. The number of nitrogens with two attached hydrogens (primary N) is 1. The van der Waals surface area contributed by atoms with Crippen molar-refractivity contribution in [3.05, 3.63) is 58.3 Å². The number of hydrogen-bond donors (Lipinski definition) is 1. The number of nitrogen functional groups attached to an aromatic ring is 1. The van der Waals surface area contributed by atoms with Crippen LogP contribution in [0.3, 0.4) is 0 Å². The molecule has 23 heavy (non-hydrogen) atoms. The molecule has 0 aliphatic heterocycles. The van der Waals surface area contributed by atoms with E-state index in [0.29, 0.717) is 8.95 Å². The van der Waals surface area contributed by atoms with Crippen LogP contribution in [-0.2, 0) is 0 Å². The highest BCUT2D eigenvalue weighted by atomic mass is 79.9. The van der Waals surface area contributed by atoms with Crippen molar-refractivity contribution in [1.29, 1.82) is 0 Å². The SMILES string of the molecule is Br.Nc1ncc(Br)cc1[N+](=O)[O-].O=[N+]([O-])c1cc(Br)cnc1Br. The molecule has 0 aliphatic rings. The fourth-order valence-electron chi connectivity index (χ4n) is 1.13. The topological polar surface area (TPSA) is 138 Å². The number of nitrogens with zero attached hydrogens (tertiary/aromatic N) is 4. The molecular formula is C10H7Br4N5O4. The molecule has 0 spiro atoms. The largest absolute Gasteiger partial charge is 0.378 e. The molecule has 0 fully saturated rings. The highest BCUT2D eigenvalue weighted by Crippen LogP contribution is 2.25. The second kappa shape index (κ2) is 9.85. The van der Waals surface area contributed by atoms with Gasteiger partial charge in [0, 0.05) is 33.5 Å². The van der Waals surface area contributed by atoms with E-state index < -0.39 is 9.85 Å². The summed E-state index contributed by atoms with van der Waals surface area (Å²) in [4.78, 5) is 26.8. The van der Waals surface area contributed by atoms with Crippen molar-refractivity contribution in [2.75, 3.05) is 5.73 Å². The summed E-state index contributed by atoms with van der Waals surface area (Å²) in [7, 11) is 0. The van der Waals surface area contributed by atoms with Gasteiger partial charge in [0.1, 0.15) is 0 Å². The van der Waals surface area contributed by atoms with Gasteiger partial charge in [-0.05, 0) is 47.8 Å². The fraction of sp³-hybridized carbons (Fsp3) is 0. The lowest BCUT2D eigenvalue weighted by Gasteiger charge is -1.94. The first-order chi connectivity index (χ1) is 10.2. The average Bonchev–Trinajstić information content (AvgIpc) is 2.44. The molecule has 0 unspecified atom stereocenters. The summed E-state index contributed by atoms with van der Waals surface area (Å²) in [6, 6.07) is 2.69. The van der Waals surface area contributed by atoms with Crippen molar-refractivity contribution in [2.24, 2.45) is 0 Å². The average molecular weight is 581 g/mol. The molecule has 0 radical (unpaired) electrons. The van der Waals surface area contributed by atoms with Crippen LogP contribution in [0.5, 0.6) is 0 Å². The van der Waals surface area contributed by atoms with Crippen LogP contribution in [0.2, 0.25) is 0 Å². The Morgan fingerprint density at radius 2 is 1.35 bits per heavy atom. The van der Waals surface area contributed by atoms with Crippen molar-refractivity contribution in [2.45, 2.75) is 0 Å². The minimum Gasteiger partial charge on any atom is -0.378 e. The van der Waals surface area contributed by atoms with Gasteiger partial charge in [-0.15, -0.1) is 17.0 Å². The maximum absolute atomic E-state index is 10.3. The van der Waals surface area contributed by atoms with E-state index in [1.807, 2.05) is 0 Å². The quantitative estimate of drug-likeness (QED) is 0.315. The van der Waals surface area contributed by atoms with Gasteiger partial charge in [0.05, 0.1) is 9.85 Å². The van der Waals surface area contributed by atoms with Crippen LogP contribution in [-0.4, -0.2) is 19.8 Å². The molecule has 0 saturated carbocycles. The summed E-state index contributed by atoms with van der Waals surface area (Å²) in [5.41, 5.74) is 4.99. The second-order valence-electron chi connectivity index (χ2n) is 3.54. The molecule has 124 valence electrons. The standard InChI is InChI=1S/C5H2Br2N2O2.C5H4BrN3O2.BrH/c2*6-3-1-4(9(10)11)5(7)8-2-3;/h1-2H;1-2H,(H2,7,8);1H. The van der Waals surface area contributed by atoms with Crippen LogP contribution >= 0.6 is 64.8 Å². The Morgan fingerprint density at radius 3 is 1.74 bits per heavy atom. The maximum atomic E-state index is 10.3. The minimum absolute atomic E-state index is 0. The second-order valence-corrected chi connectivity index (χ2v) is 6.12. The molecule has 0 amide bonds. The summed E-state index contributed by atoms with van der Waals surface area (Å²) in [5, 5.41) is 20.5. The predicted octanol–water partition coefficient (Wildman–Crippen LogP) is 4.43. The van der Waals surface area contributed by atoms with Crippen LogP contribution in [0.1, 0.15) is 0 Å². The van der Waals surface area contributed by atoms with Crippen molar-refractivity contribution >= 4 is 82.0 Å². The van der Waals surface area contributed by atoms with Crippen molar-refractivity contribution in [3.8, 4) is 0 Å². The number of hydrogen-bond acceptors (Lipinski definition) is 7. The molecule has 2 aromatic rings. The summed E-state index contributed by atoms with van der Waals surface area (Å²) in [5.74, 6) is -0.0711. The van der Waals surface area contributed by atoms with Crippen LogP contribution in [0, 0.1) is 20.2 Å². The van der Waals surface area contributed by atoms with Gasteiger partial charge in [0.15, 0.2) is 4.60 Å². The van der Waals surface area contributed by atoms with E-state index in [2.05, 4.69) is 57.8 Å². The molecule has 0 bridgehead atoms. The van der Waals surface area contributed by atoms with Gasteiger partial charge < -0.3 is 5.73 Å². The molecule has 0 saturated heterocycles. The molecule has 0 aliphatic carbocycles. The Labute approximate surface area is 165 Å². The van der Waals surface area contributed by atoms with Gasteiger partial charge in [-0.2, -0.15) is 0 Å². The van der Waals surface area contributed by atoms with E-state index in [1.165, 1.54) is 24.5 Å². The number of aromatic nitrogens is 2. The molecule has 2 N–H and O–H groups in total. The van der Waals surface area contributed by atoms with E-state index in [9.17, 15) is 20.2 Å². The van der Waals surface area contributed by atoms with Crippen molar-refractivity contribution < 1.29 is 9.85 Å². The van der Waals surface area contributed by atoms with Gasteiger partial charge in [-0.1, -0.05) is 0 Å². The van der Waals surface area contributed by atoms with E-state index in [4.69, 9.17) is 5.73 Å². The van der Waals surface area contributed by atoms with E-state index in [0.717, 1.165) is 0 Å². The summed E-state index contributed by atoms with van der Waals surface area (Å²) < 4.78 is 1.37. The van der Waals surface area contributed by atoms with Crippen molar-refractivity contribution in [1.82, 2.24) is 9.97 Å². The van der Waals surface area contributed by atoms with Gasteiger partial charge in [0.2, 0.25) is 5.82 Å². The molecule has 9 nitrogen and oxygen atoms in total. The lowest BCUT2D eigenvalue weighted by molar-refractivity contribution is -0.386. The van der Waals surface area contributed by atoms with Gasteiger partial charge >= 0.3 is 11.4 Å². The molecular weight excluding hydrogens is 574 g/mol. The number of halogens is 4. The zero-order valence-electron chi connectivity index (χ0n) is 10.9. The van der Waals surface area contributed by atoms with E-state index >= 15 is 0 Å². The van der Waals surface area contributed by atoms with Gasteiger partial charge in [-0.25, -0.2) is 9.97 Å². The molecule has 0 atom stereocenters. The van der Waals surface area contributed by atoms with Crippen LogP contribution in [0.25, 0.3) is 0 Å². The number of pyridine rings is 2. The zero-order chi connectivity index (χ0) is 16.9. The smallest absolute Gasteiger partial charge is 0.312 e. The van der Waals surface area contributed by atoms with Crippen LogP contribution < -0.4 is 5.73 Å².